The molecule has 0 radical (unpaired) electrons. The van der Waals surface area contributed by atoms with Gasteiger partial charge in [0.2, 0.25) is 6.71 Å². The van der Waals surface area contributed by atoms with E-state index in [1.165, 1.54) is 71.1 Å². The first kappa shape index (κ1) is 34.6. The Hall–Kier alpha value is -3.52. The summed E-state index contributed by atoms with van der Waals surface area (Å²) >= 11 is 0. The van der Waals surface area contributed by atoms with Crippen LogP contribution in [0.4, 0.5) is 5.69 Å². The smallest absolute Gasteiger partial charge is 0.246 e. The lowest BCUT2D eigenvalue weighted by Crippen LogP contribution is -2.56. The molecule has 51 heavy (non-hydrogen) atoms. The molecule has 264 valence electrons. The molecule has 3 aliphatic carbocycles. The molecule has 1 saturated carbocycles. The molecule has 0 spiro atoms. The minimum absolute atomic E-state index is 0.116. The van der Waals surface area contributed by atoms with E-state index in [0.717, 1.165) is 25.2 Å². The number of nitrogens with zero attached hydrogens (tertiary/aromatic N) is 1. The molecule has 2 heteroatoms. The summed E-state index contributed by atoms with van der Waals surface area (Å²) in [5.41, 5.74) is 18.1. The van der Waals surface area contributed by atoms with Gasteiger partial charge in [-0.25, -0.2) is 0 Å². The third kappa shape index (κ3) is 5.94. The van der Waals surface area contributed by atoms with Crippen molar-refractivity contribution in [1.82, 2.24) is 0 Å². The highest BCUT2D eigenvalue weighted by Gasteiger charge is 2.47. The largest absolute Gasteiger partial charge is 0.316 e. The molecular formula is C49H60BN. The van der Waals surface area contributed by atoms with Gasteiger partial charge in [0.25, 0.3) is 0 Å². The Bertz CT molecular complexity index is 1960. The van der Waals surface area contributed by atoms with Crippen molar-refractivity contribution < 1.29 is 0 Å². The second-order valence-corrected chi connectivity index (χ2v) is 19.2. The Morgan fingerprint density at radius 2 is 1.43 bits per heavy atom. The molecule has 2 aliphatic heterocycles. The first-order valence-corrected chi connectivity index (χ1v) is 20.2. The zero-order valence-corrected chi connectivity index (χ0v) is 33.0. The van der Waals surface area contributed by atoms with Gasteiger partial charge in [-0.15, -0.1) is 0 Å². The molecule has 5 aliphatic rings. The fourth-order valence-electron chi connectivity index (χ4n) is 10.3. The van der Waals surface area contributed by atoms with E-state index < -0.39 is 0 Å². The molecular weight excluding hydrogens is 613 g/mol. The van der Waals surface area contributed by atoms with Gasteiger partial charge in [-0.05, 0) is 106 Å². The van der Waals surface area contributed by atoms with Gasteiger partial charge < -0.3 is 4.90 Å². The fraction of sp³-hybridized carbons (Fsp3) is 0.469. The predicted molar refractivity (Wildman–Crippen MR) is 221 cm³/mol. The Morgan fingerprint density at radius 1 is 0.725 bits per heavy atom. The van der Waals surface area contributed by atoms with Gasteiger partial charge in [0.15, 0.2) is 0 Å². The van der Waals surface area contributed by atoms with Crippen molar-refractivity contribution in [2.45, 2.75) is 130 Å². The zero-order valence-electron chi connectivity index (χ0n) is 33.0. The molecule has 1 nitrogen and oxygen atoms in total. The Balaban J connectivity index is 1.39. The molecule has 2 atom stereocenters. The second kappa shape index (κ2) is 12.6. The third-order valence-corrected chi connectivity index (χ3v) is 13.6. The number of hydrogen-bond donors (Lipinski definition) is 0. The molecule has 3 aromatic rings. The van der Waals surface area contributed by atoms with Crippen molar-refractivity contribution in [3.63, 3.8) is 0 Å². The van der Waals surface area contributed by atoms with Crippen molar-refractivity contribution in [2.75, 3.05) is 4.90 Å². The molecule has 1 fully saturated rings. The fourth-order valence-corrected chi connectivity index (χ4v) is 10.3. The van der Waals surface area contributed by atoms with Gasteiger partial charge in [-0.2, -0.15) is 0 Å². The molecule has 0 saturated heterocycles. The number of allylic oxidation sites excluding steroid dienone is 7. The monoisotopic (exact) mass is 673 g/mol. The van der Waals surface area contributed by atoms with Gasteiger partial charge in [0.1, 0.15) is 0 Å². The maximum atomic E-state index is 2.81. The number of hydrogen-bond acceptors (Lipinski definition) is 1. The molecule has 8 rings (SSSR count). The van der Waals surface area contributed by atoms with Crippen LogP contribution in [0.15, 0.2) is 113 Å². The number of fused-ring (bicyclic) bond motifs is 4. The highest BCUT2D eigenvalue weighted by Crippen LogP contribution is 2.51. The molecule has 3 aromatic carbocycles. The highest BCUT2D eigenvalue weighted by molar-refractivity contribution is 6.94. The lowest BCUT2D eigenvalue weighted by atomic mass is 9.29. The second-order valence-electron chi connectivity index (χ2n) is 19.2. The van der Waals surface area contributed by atoms with Crippen LogP contribution in [0, 0.1) is 17.3 Å². The number of rotatable bonds is 4. The van der Waals surface area contributed by atoms with E-state index in [2.05, 4.69) is 152 Å². The molecule has 0 N–H and O–H groups in total. The average molecular weight is 674 g/mol. The van der Waals surface area contributed by atoms with Crippen LogP contribution in [0.2, 0.25) is 0 Å². The summed E-state index contributed by atoms with van der Waals surface area (Å²) in [6.07, 6.45) is 18.3. The zero-order chi connectivity index (χ0) is 35.9. The summed E-state index contributed by atoms with van der Waals surface area (Å²) < 4.78 is 0. The standard InChI is InChI=1S/C49H60BN/c1-32-40-30-37(48(5,6)7)23-25-42(40)50-43-26-24-38(49(8,9)35-19-14-11-15-20-35)31-44(43)51(39-22-16-21-36(29-39)47(2,3)4)45-28-34(27-41(32)46(45)50)33-17-12-10-13-18-33/h11,14-15,19-20,22-27,29-34H,10,12-13,16-18,21,28H2,1-9H3. The Kier molecular flexibility index (Phi) is 8.52. The molecule has 0 bridgehead atoms. The quantitative estimate of drug-likeness (QED) is 0.249. The molecule has 0 amide bonds. The van der Waals surface area contributed by atoms with Crippen molar-refractivity contribution in [3.8, 4) is 0 Å². The maximum Gasteiger partial charge on any atom is 0.246 e. The van der Waals surface area contributed by atoms with Crippen molar-refractivity contribution in [1.29, 1.82) is 0 Å². The van der Waals surface area contributed by atoms with E-state index in [9.17, 15) is 0 Å². The van der Waals surface area contributed by atoms with E-state index in [0.29, 0.717) is 11.8 Å². The summed E-state index contributed by atoms with van der Waals surface area (Å²) in [4.78, 5) is 2.79. The summed E-state index contributed by atoms with van der Waals surface area (Å²) in [5, 5.41) is 0. The minimum atomic E-state index is -0.118. The first-order chi connectivity index (χ1) is 24.2. The normalized spacial score (nSPS) is 22.5. The van der Waals surface area contributed by atoms with Crippen LogP contribution in [-0.4, -0.2) is 6.71 Å². The van der Waals surface area contributed by atoms with Crippen LogP contribution in [0.5, 0.6) is 0 Å². The van der Waals surface area contributed by atoms with Gasteiger partial charge in [0.05, 0.1) is 0 Å². The van der Waals surface area contributed by atoms with Crippen molar-refractivity contribution in [2.24, 2.45) is 17.3 Å². The predicted octanol–water partition coefficient (Wildman–Crippen LogP) is 11.8. The van der Waals surface area contributed by atoms with Crippen LogP contribution >= 0.6 is 0 Å². The van der Waals surface area contributed by atoms with E-state index >= 15 is 0 Å². The van der Waals surface area contributed by atoms with E-state index in [-0.39, 0.29) is 23.0 Å². The van der Waals surface area contributed by atoms with Crippen LogP contribution in [0.1, 0.15) is 142 Å². The van der Waals surface area contributed by atoms with Crippen LogP contribution in [-0.2, 0) is 10.8 Å². The molecule has 2 unspecified atom stereocenters. The summed E-state index contributed by atoms with van der Waals surface area (Å²) in [5.74, 6) is 1.76. The third-order valence-electron chi connectivity index (χ3n) is 13.6. The molecule has 2 heterocycles. The highest BCUT2D eigenvalue weighted by atomic mass is 15.2. The number of benzene rings is 3. The Morgan fingerprint density at radius 3 is 2.14 bits per heavy atom. The summed E-state index contributed by atoms with van der Waals surface area (Å²) in [7, 11) is 0. The number of anilines is 1. The van der Waals surface area contributed by atoms with Crippen LogP contribution in [0.3, 0.4) is 0 Å². The average Bonchev–Trinajstić information content (AvgIpc) is 3.12. The van der Waals surface area contributed by atoms with E-state index in [4.69, 9.17) is 0 Å². The van der Waals surface area contributed by atoms with Gasteiger partial charge in [-0.1, -0.05) is 165 Å². The summed E-state index contributed by atoms with van der Waals surface area (Å²) in [6.45, 7) is 21.9. The van der Waals surface area contributed by atoms with Gasteiger partial charge in [-0.3, -0.25) is 0 Å². The molecule has 0 aromatic heterocycles. The minimum Gasteiger partial charge on any atom is -0.316 e. The van der Waals surface area contributed by atoms with Crippen molar-refractivity contribution >= 4 is 23.3 Å². The van der Waals surface area contributed by atoms with Crippen LogP contribution in [0.25, 0.3) is 0 Å². The van der Waals surface area contributed by atoms with Crippen LogP contribution < -0.4 is 15.8 Å². The Labute approximate surface area is 310 Å². The van der Waals surface area contributed by atoms with E-state index in [1.54, 1.807) is 27.9 Å². The SMILES string of the molecule is CC1C2=CC(C3CCCCC3)CC3=C2B(c2ccc(C(C)(C)C)cc21)c1ccc(C(C)(C)c2ccccc2)cc1N3C1=CCCC(C(C)(C)C)=C1. The van der Waals surface area contributed by atoms with Crippen molar-refractivity contribution in [3.05, 3.63) is 135 Å². The van der Waals surface area contributed by atoms with E-state index in [1.807, 2.05) is 0 Å². The lowest BCUT2D eigenvalue weighted by molar-refractivity contribution is 0.280. The topological polar surface area (TPSA) is 3.24 Å². The van der Waals surface area contributed by atoms with Gasteiger partial charge >= 0.3 is 0 Å². The lowest BCUT2D eigenvalue weighted by Gasteiger charge is -2.49. The first-order valence-electron chi connectivity index (χ1n) is 20.2. The maximum absolute atomic E-state index is 2.81. The van der Waals surface area contributed by atoms with Gasteiger partial charge in [0, 0.05) is 28.4 Å². The summed E-state index contributed by atoms with van der Waals surface area (Å²) in [6, 6.07) is 26.3.